The summed E-state index contributed by atoms with van der Waals surface area (Å²) in [4.78, 5) is 13.1. The van der Waals surface area contributed by atoms with Crippen molar-refractivity contribution in [2.45, 2.75) is 20.3 Å². The fourth-order valence-electron chi connectivity index (χ4n) is 2.90. The van der Waals surface area contributed by atoms with E-state index >= 15 is 0 Å². The maximum Gasteiger partial charge on any atom is 0.293 e. The Bertz CT molecular complexity index is 885. The van der Waals surface area contributed by atoms with Crippen LogP contribution in [0, 0.1) is 11.8 Å². The van der Waals surface area contributed by atoms with Crippen molar-refractivity contribution in [3.8, 4) is 22.5 Å². The van der Waals surface area contributed by atoms with Crippen LogP contribution in [-0.4, -0.2) is 9.94 Å². The maximum absolute atomic E-state index is 13.1. The second-order valence-corrected chi connectivity index (χ2v) is 5.42. The van der Waals surface area contributed by atoms with Crippen LogP contribution >= 0.6 is 0 Å². The van der Waals surface area contributed by atoms with E-state index < -0.39 is 0 Å². The van der Waals surface area contributed by atoms with Crippen LogP contribution < -0.4 is 4.43 Å². The molecule has 0 bridgehead atoms. The zero-order chi connectivity index (χ0) is 16.4. The lowest BCUT2D eigenvalue weighted by Crippen LogP contribution is -2.29. The van der Waals surface area contributed by atoms with E-state index in [-0.39, 0.29) is 0 Å². The molecule has 3 rings (SSSR count). The SMILES string of the molecule is CCc1c(-c2ccccc2)[n+](=O)c(-c2ccccc2)c(C)n1O. The van der Waals surface area contributed by atoms with E-state index in [9.17, 15) is 10.1 Å². The Morgan fingerprint density at radius 1 is 0.913 bits per heavy atom. The maximum atomic E-state index is 13.1. The first-order valence-corrected chi connectivity index (χ1v) is 7.66. The van der Waals surface area contributed by atoms with Gasteiger partial charge in [-0.05, 0) is 37.6 Å². The number of benzene rings is 2. The zero-order valence-corrected chi connectivity index (χ0v) is 13.2. The van der Waals surface area contributed by atoms with Crippen molar-refractivity contribution in [3.63, 3.8) is 0 Å². The van der Waals surface area contributed by atoms with E-state index in [1.54, 1.807) is 6.92 Å². The van der Waals surface area contributed by atoms with Gasteiger partial charge in [-0.25, -0.2) is 0 Å². The highest BCUT2D eigenvalue weighted by Gasteiger charge is 2.29. The van der Waals surface area contributed by atoms with Crippen molar-refractivity contribution in [3.05, 3.63) is 77.0 Å². The molecule has 2 aromatic carbocycles. The molecule has 23 heavy (non-hydrogen) atoms. The molecule has 1 N–H and O–H groups in total. The summed E-state index contributed by atoms with van der Waals surface area (Å²) in [6.45, 7) is 3.68. The third-order valence-corrected chi connectivity index (χ3v) is 4.02. The van der Waals surface area contributed by atoms with Crippen LogP contribution in [0.4, 0.5) is 0 Å². The van der Waals surface area contributed by atoms with Gasteiger partial charge in [-0.15, -0.1) is 0 Å². The van der Waals surface area contributed by atoms with Crippen LogP contribution in [0.15, 0.2) is 60.7 Å². The first-order chi connectivity index (χ1) is 11.1. The summed E-state index contributed by atoms with van der Waals surface area (Å²) < 4.78 is 2.07. The van der Waals surface area contributed by atoms with Crippen LogP contribution in [0.2, 0.25) is 0 Å². The van der Waals surface area contributed by atoms with Gasteiger partial charge in [0.25, 0.3) is 11.4 Å². The van der Waals surface area contributed by atoms with E-state index in [0.717, 1.165) is 20.3 Å². The van der Waals surface area contributed by atoms with Gasteiger partial charge in [-0.2, -0.15) is 4.73 Å². The van der Waals surface area contributed by atoms with Crippen LogP contribution in [0.5, 0.6) is 0 Å². The average molecular weight is 307 g/mol. The van der Waals surface area contributed by atoms with Crippen LogP contribution in [-0.2, 0) is 6.42 Å². The minimum atomic E-state index is 0.462. The molecule has 0 spiro atoms. The van der Waals surface area contributed by atoms with E-state index in [1.165, 1.54) is 0 Å². The topological polar surface area (TPSA) is 48.1 Å². The molecule has 0 aliphatic carbocycles. The Hall–Kier alpha value is -2.88. The molecule has 1 aromatic heterocycles. The summed E-state index contributed by atoms with van der Waals surface area (Å²) >= 11 is 0. The van der Waals surface area contributed by atoms with Crippen LogP contribution in [0.25, 0.3) is 22.5 Å². The molecule has 0 unspecified atom stereocenters. The third-order valence-electron chi connectivity index (χ3n) is 4.02. The number of hydrogen-bond donors (Lipinski definition) is 1. The van der Waals surface area contributed by atoms with Gasteiger partial charge < -0.3 is 5.21 Å². The number of rotatable bonds is 3. The Morgan fingerprint density at radius 3 is 1.87 bits per heavy atom. The van der Waals surface area contributed by atoms with Crippen molar-refractivity contribution < 1.29 is 9.63 Å². The standard InChI is InChI=1S/C19H19N2O2/c1-3-17-19(16-12-8-5-9-13-16)21(23)18(14(2)20(17)22)15-10-6-4-7-11-15/h4-13,22H,3H2,1-2H3/q+1. The predicted molar refractivity (Wildman–Crippen MR) is 90.0 cm³/mol. The lowest BCUT2D eigenvalue weighted by molar-refractivity contribution is -0.472. The van der Waals surface area contributed by atoms with Crippen LogP contribution in [0.3, 0.4) is 0 Å². The first kappa shape index (κ1) is 15.0. The summed E-state index contributed by atoms with van der Waals surface area (Å²) in [5, 5.41) is 10.6. The van der Waals surface area contributed by atoms with Gasteiger partial charge in [0.1, 0.15) is 11.4 Å². The summed E-state index contributed by atoms with van der Waals surface area (Å²) in [7, 11) is 0. The Balaban J connectivity index is 2.41. The fraction of sp³-hybridized carbons (Fsp3) is 0.158. The molecule has 0 atom stereocenters. The van der Waals surface area contributed by atoms with Crippen LogP contribution in [0.1, 0.15) is 18.3 Å². The highest BCUT2D eigenvalue weighted by molar-refractivity contribution is 5.64. The Labute approximate surface area is 134 Å². The van der Waals surface area contributed by atoms with E-state index in [0.29, 0.717) is 29.2 Å². The highest BCUT2D eigenvalue weighted by Crippen LogP contribution is 2.26. The van der Waals surface area contributed by atoms with Gasteiger partial charge in [-0.1, -0.05) is 43.3 Å². The summed E-state index contributed by atoms with van der Waals surface area (Å²) in [6, 6.07) is 18.9. The fourth-order valence-corrected chi connectivity index (χ4v) is 2.90. The lowest BCUT2D eigenvalue weighted by Gasteiger charge is -2.11. The molecule has 0 radical (unpaired) electrons. The van der Waals surface area contributed by atoms with Gasteiger partial charge in [0.2, 0.25) is 0 Å². The van der Waals surface area contributed by atoms with Crippen molar-refractivity contribution in [2.75, 3.05) is 0 Å². The number of aromatic nitrogens is 2. The monoisotopic (exact) mass is 307 g/mol. The van der Waals surface area contributed by atoms with E-state index in [1.807, 2.05) is 67.6 Å². The molecule has 0 fully saturated rings. The minimum absolute atomic E-state index is 0.462. The molecule has 4 heteroatoms. The number of hydrogen-bond acceptors (Lipinski definition) is 2. The van der Waals surface area contributed by atoms with Crippen molar-refractivity contribution >= 4 is 0 Å². The molecule has 116 valence electrons. The quantitative estimate of drug-likeness (QED) is 0.590. The van der Waals surface area contributed by atoms with Gasteiger partial charge in [0.05, 0.1) is 15.6 Å². The molecule has 0 aliphatic rings. The average Bonchev–Trinajstić information content (AvgIpc) is 2.59. The van der Waals surface area contributed by atoms with Crippen molar-refractivity contribution in [1.82, 2.24) is 4.73 Å². The van der Waals surface area contributed by atoms with E-state index in [4.69, 9.17) is 0 Å². The van der Waals surface area contributed by atoms with Gasteiger partial charge >= 0.3 is 0 Å². The minimum Gasteiger partial charge on any atom is -0.428 e. The smallest absolute Gasteiger partial charge is 0.293 e. The van der Waals surface area contributed by atoms with Gasteiger partial charge in [0, 0.05) is 4.91 Å². The molecule has 0 saturated carbocycles. The molecule has 4 nitrogen and oxygen atoms in total. The molecule has 0 aliphatic heterocycles. The second-order valence-electron chi connectivity index (χ2n) is 5.42. The normalized spacial score (nSPS) is 10.7. The second kappa shape index (κ2) is 6.08. The zero-order valence-electron chi connectivity index (χ0n) is 13.2. The largest absolute Gasteiger partial charge is 0.428 e. The molecular weight excluding hydrogens is 288 g/mol. The van der Waals surface area contributed by atoms with Gasteiger partial charge in [0.15, 0.2) is 0 Å². The molecular formula is C19H19N2O2+. The summed E-state index contributed by atoms with van der Waals surface area (Å²) in [5.41, 5.74) is 3.65. The Morgan fingerprint density at radius 2 is 1.39 bits per heavy atom. The summed E-state index contributed by atoms with van der Waals surface area (Å²) in [5.74, 6) is 0. The van der Waals surface area contributed by atoms with E-state index in [2.05, 4.69) is 0 Å². The van der Waals surface area contributed by atoms with Crippen molar-refractivity contribution in [2.24, 2.45) is 0 Å². The predicted octanol–water partition coefficient (Wildman–Crippen LogP) is 3.84. The molecule has 1 heterocycles. The molecule has 3 aromatic rings. The van der Waals surface area contributed by atoms with Crippen molar-refractivity contribution in [1.29, 1.82) is 0 Å². The summed E-state index contributed by atoms with van der Waals surface area (Å²) in [6.07, 6.45) is 0.554. The molecule has 0 amide bonds. The third kappa shape index (κ3) is 2.52. The number of nitrogens with zero attached hydrogens (tertiary/aromatic N) is 2. The Kier molecular flexibility index (Phi) is 3.98. The lowest BCUT2D eigenvalue weighted by atomic mass is 10.0. The molecule has 0 saturated heterocycles. The highest BCUT2D eigenvalue weighted by atomic mass is 16.5. The van der Waals surface area contributed by atoms with Gasteiger partial charge in [-0.3, -0.25) is 0 Å². The first-order valence-electron chi connectivity index (χ1n) is 7.66.